The van der Waals surface area contributed by atoms with Gasteiger partial charge in [0.25, 0.3) is 0 Å². The maximum Gasteiger partial charge on any atom is 0.220 e. The summed E-state index contributed by atoms with van der Waals surface area (Å²) in [6.45, 7) is 1.68. The lowest BCUT2D eigenvalue weighted by molar-refractivity contribution is -0.379. The number of rotatable bonds is 68. The van der Waals surface area contributed by atoms with E-state index in [0.29, 0.717) is 6.42 Å². The summed E-state index contributed by atoms with van der Waals surface area (Å²) in [5.74, 6) is -0.269. The van der Waals surface area contributed by atoms with Crippen LogP contribution in [-0.2, 0) is 33.2 Å². The lowest BCUT2D eigenvalue weighted by Gasteiger charge is -2.48. The molecule has 0 aromatic rings. The summed E-state index contributed by atoms with van der Waals surface area (Å²) in [5.41, 5.74) is 0. The summed E-state index contributed by atoms with van der Waals surface area (Å²) in [7, 11) is 0. The molecule has 19 nitrogen and oxygen atoms in total. The van der Waals surface area contributed by atoms with Gasteiger partial charge in [-0.3, -0.25) is 4.79 Å². The third-order valence-electron chi connectivity index (χ3n) is 21.1. The number of nitrogens with one attached hydrogen (secondary N) is 1. The molecule has 17 unspecified atom stereocenters. The van der Waals surface area contributed by atoms with E-state index in [1.54, 1.807) is 6.08 Å². The molecule has 19 heteroatoms. The van der Waals surface area contributed by atoms with Gasteiger partial charge >= 0.3 is 0 Å². The SMILES string of the molecule is CC/C=C\C/C=C\C/C=C\C/C=C\CCCCCCCCCCCCCCCCCCCCCCCCC(=O)NC(COC1OC(CO)C(OC2OC(CO)C(OC3OC(CO)C(O)C(O)C3O)C(O)C2O)C(O)C1O)C(O)/C=C/CCCCCCCCCCCCCCCCCCCCCCCC. The average molecular weight is 1480 g/mol. The van der Waals surface area contributed by atoms with Gasteiger partial charge in [0.15, 0.2) is 18.9 Å². The number of hydrogen-bond acceptors (Lipinski definition) is 18. The predicted molar refractivity (Wildman–Crippen MR) is 415 cm³/mol. The number of unbranched alkanes of at least 4 members (excludes halogenated alkanes) is 44. The van der Waals surface area contributed by atoms with E-state index in [9.17, 15) is 61.0 Å². The van der Waals surface area contributed by atoms with Gasteiger partial charge in [0, 0.05) is 6.42 Å². The normalized spacial score (nSPS) is 26.2. The van der Waals surface area contributed by atoms with Crippen LogP contribution in [0.1, 0.15) is 341 Å². The molecule has 3 aliphatic rings. The maximum absolute atomic E-state index is 13.5. The molecule has 3 rings (SSSR count). The summed E-state index contributed by atoms with van der Waals surface area (Å²) in [6.07, 6.45) is 57.9. The van der Waals surface area contributed by atoms with E-state index in [2.05, 4.69) is 67.8 Å². The van der Waals surface area contributed by atoms with Crippen molar-refractivity contribution in [2.45, 2.75) is 446 Å². The first-order valence-corrected chi connectivity index (χ1v) is 42.5. The summed E-state index contributed by atoms with van der Waals surface area (Å²) in [6, 6.07) is -0.975. The van der Waals surface area contributed by atoms with Crippen molar-refractivity contribution in [1.82, 2.24) is 5.32 Å². The minimum Gasteiger partial charge on any atom is -0.394 e. The zero-order chi connectivity index (χ0) is 75.3. The second kappa shape index (κ2) is 65.2. The van der Waals surface area contributed by atoms with Crippen molar-refractivity contribution in [2.75, 3.05) is 26.4 Å². The molecule has 0 saturated carbocycles. The quantitative estimate of drug-likeness (QED) is 0.0199. The number of allylic oxidation sites excluding steroid dienone is 9. The molecule has 3 fully saturated rings. The highest BCUT2D eigenvalue weighted by atomic mass is 16.8. The Morgan fingerprint density at radius 3 is 1.04 bits per heavy atom. The molecule has 0 aliphatic carbocycles. The lowest BCUT2D eigenvalue weighted by Crippen LogP contribution is -2.66. The molecule has 12 N–H and O–H groups in total. The summed E-state index contributed by atoms with van der Waals surface area (Å²) >= 11 is 0. The highest BCUT2D eigenvalue weighted by molar-refractivity contribution is 5.76. The molecule has 3 aliphatic heterocycles. The van der Waals surface area contributed by atoms with Crippen LogP contribution in [0.5, 0.6) is 0 Å². The summed E-state index contributed by atoms with van der Waals surface area (Å²) in [5, 5.41) is 121. The van der Waals surface area contributed by atoms with E-state index >= 15 is 0 Å². The molecule has 0 aromatic heterocycles. The Kier molecular flexibility index (Phi) is 60.0. The maximum atomic E-state index is 13.5. The Labute approximate surface area is 630 Å². The van der Waals surface area contributed by atoms with Gasteiger partial charge in [-0.15, -0.1) is 0 Å². The van der Waals surface area contributed by atoms with Crippen molar-refractivity contribution in [3.05, 3.63) is 60.8 Å². The number of hydrogen-bond donors (Lipinski definition) is 12. The van der Waals surface area contributed by atoms with Crippen LogP contribution in [0.2, 0.25) is 0 Å². The van der Waals surface area contributed by atoms with Crippen molar-refractivity contribution in [2.24, 2.45) is 0 Å². The lowest BCUT2D eigenvalue weighted by atomic mass is 9.96. The average Bonchev–Trinajstić information content (AvgIpc) is 0.783. The number of carbonyl (C=O) groups is 1. The fourth-order valence-corrected chi connectivity index (χ4v) is 14.3. The third-order valence-corrected chi connectivity index (χ3v) is 21.1. The van der Waals surface area contributed by atoms with E-state index in [4.69, 9.17) is 28.4 Å². The third kappa shape index (κ3) is 44.4. The van der Waals surface area contributed by atoms with Crippen molar-refractivity contribution < 1.29 is 89.4 Å². The largest absolute Gasteiger partial charge is 0.394 e. The van der Waals surface area contributed by atoms with Crippen LogP contribution in [0.3, 0.4) is 0 Å². The fourth-order valence-electron chi connectivity index (χ4n) is 14.3. The van der Waals surface area contributed by atoms with Crippen LogP contribution in [0.25, 0.3) is 0 Å². The monoisotopic (exact) mass is 1480 g/mol. The Morgan fingerprint density at radius 2 is 0.663 bits per heavy atom. The van der Waals surface area contributed by atoms with Crippen molar-refractivity contribution in [1.29, 1.82) is 0 Å². The number of aliphatic hydroxyl groups is 11. The molecular formula is C85H155NO18. The standard InChI is InChI=1S/C85H155NO18/c1-3-5-7-9-11-13-15-17-19-21-23-25-27-29-30-31-32-33-34-35-36-37-38-39-41-43-45-47-49-51-53-55-57-59-61-63-73(91)86-68(69(90)62-60-58-56-54-52-50-48-46-44-42-40-28-26-24-22-20-18-16-14-12-10-8-6-4-2)67-99-83-79(97)76(94)81(71(65-88)101-83)104-85-80(98)77(95)82(72(66-89)102-85)103-84-78(96)75(93)74(92)70(64-87)100-84/h5,7,11,13,17,19,23,25,60,62,68-72,74-85,87-90,92-98H,3-4,6,8-10,12,14-16,18,20-22,24,26-59,61,63-67H2,1-2H3,(H,86,91)/b7-5-,13-11-,19-17-,25-23-,62-60+. The number of amides is 1. The minimum absolute atomic E-state index is 0.246. The van der Waals surface area contributed by atoms with E-state index in [1.807, 2.05) is 6.08 Å². The van der Waals surface area contributed by atoms with Gasteiger partial charge in [-0.05, 0) is 57.8 Å². The molecule has 0 radical (unpaired) electrons. The Bertz CT molecular complexity index is 2110. The van der Waals surface area contributed by atoms with Gasteiger partial charge in [0.05, 0.1) is 38.6 Å². The van der Waals surface area contributed by atoms with Crippen LogP contribution in [-0.4, -0.2) is 193 Å². The number of carbonyl (C=O) groups excluding carboxylic acids is 1. The van der Waals surface area contributed by atoms with Crippen molar-refractivity contribution >= 4 is 5.91 Å². The fraction of sp³-hybridized carbons (Fsp3) is 0.871. The predicted octanol–water partition coefficient (Wildman–Crippen LogP) is 15.0. The first kappa shape index (κ1) is 95.7. The van der Waals surface area contributed by atoms with E-state index in [-0.39, 0.29) is 18.9 Å². The van der Waals surface area contributed by atoms with Gasteiger partial charge in [-0.25, -0.2) is 0 Å². The molecule has 3 saturated heterocycles. The summed E-state index contributed by atoms with van der Waals surface area (Å²) < 4.78 is 34.5. The minimum atomic E-state index is -1.98. The Morgan fingerprint density at radius 1 is 0.356 bits per heavy atom. The van der Waals surface area contributed by atoms with Crippen LogP contribution in [0, 0.1) is 0 Å². The number of aliphatic hydroxyl groups excluding tert-OH is 11. The highest BCUT2D eigenvalue weighted by Crippen LogP contribution is 2.33. The first-order valence-electron chi connectivity index (χ1n) is 42.5. The molecule has 3 heterocycles. The zero-order valence-corrected chi connectivity index (χ0v) is 65.3. The van der Waals surface area contributed by atoms with Gasteiger partial charge in [-0.1, -0.05) is 338 Å². The van der Waals surface area contributed by atoms with Crippen LogP contribution < -0.4 is 5.32 Å². The topological polar surface area (TPSA) is 307 Å². The van der Waals surface area contributed by atoms with E-state index < -0.39 is 124 Å². The summed E-state index contributed by atoms with van der Waals surface area (Å²) in [4.78, 5) is 13.5. The van der Waals surface area contributed by atoms with Gasteiger partial charge in [0.1, 0.15) is 73.2 Å². The van der Waals surface area contributed by atoms with Crippen LogP contribution >= 0.6 is 0 Å². The second-order valence-corrected chi connectivity index (χ2v) is 30.3. The van der Waals surface area contributed by atoms with Crippen molar-refractivity contribution in [3.8, 4) is 0 Å². The molecule has 17 atom stereocenters. The zero-order valence-electron chi connectivity index (χ0n) is 65.3. The van der Waals surface area contributed by atoms with Gasteiger partial charge in [-0.2, -0.15) is 0 Å². The van der Waals surface area contributed by atoms with E-state index in [1.165, 1.54) is 244 Å². The molecule has 608 valence electrons. The molecular weight excluding hydrogens is 1320 g/mol. The molecule has 1 amide bonds. The van der Waals surface area contributed by atoms with Gasteiger partial charge < -0.3 is 89.9 Å². The van der Waals surface area contributed by atoms with Crippen LogP contribution in [0.15, 0.2) is 60.8 Å². The van der Waals surface area contributed by atoms with Crippen LogP contribution in [0.4, 0.5) is 0 Å². The molecule has 0 spiro atoms. The van der Waals surface area contributed by atoms with Gasteiger partial charge in [0.2, 0.25) is 5.91 Å². The number of ether oxygens (including phenoxy) is 6. The first-order chi connectivity index (χ1) is 50.8. The second-order valence-electron chi connectivity index (χ2n) is 30.3. The van der Waals surface area contributed by atoms with Crippen molar-refractivity contribution in [3.63, 3.8) is 0 Å². The molecule has 104 heavy (non-hydrogen) atoms. The van der Waals surface area contributed by atoms with E-state index in [0.717, 1.165) is 70.6 Å². The Hall–Kier alpha value is -2.51. The highest BCUT2D eigenvalue weighted by Gasteiger charge is 2.54. The smallest absolute Gasteiger partial charge is 0.220 e. The molecule has 0 bridgehead atoms. The molecule has 0 aromatic carbocycles. The Balaban J connectivity index is 1.34.